The van der Waals surface area contributed by atoms with Crippen LogP contribution in [-0.2, 0) is 14.8 Å². The molecule has 0 fully saturated rings. The molecule has 0 aliphatic heterocycles. The van der Waals surface area contributed by atoms with Crippen LogP contribution in [0.5, 0.6) is 0 Å². The highest BCUT2D eigenvalue weighted by Crippen LogP contribution is 2.22. The number of hydrogen-bond acceptors (Lipinski definition) is 4. The number of benzene rings is 1. The average Bonchev–Trinajstić information content (AvgIpc) is 2.30. The number of sulfonamides is 1. The summed E-state index contributed by atoms with van der Waals surface area (Å²) in [5.74, 6) is -0.246. The Kier molecular flexibility index (Phi) is 5.04. The molecule has 0 aliphatic carbocycles. The first-order valence-electron chi connectivity index (χ1n) is 5.93. The highest BCUT2D eigenvalue weighted by atomic mass is 32.2. The van der Waals surface area contributed by atoms with Crippen LogP contribution in [0.3, 0.4) is 0 Å². The second-order valence-electron chi connectivity index (χ2n) is 4.39. The first-order chi connectivity index (χ1) is 8.75. The molecule has 106 valence electrons. The molecule has 1 amide bonds. The third-order valence-electron chi connectivity index (χ3n) is 2.84. The summed E-state index contributed by atoms with van der Waals surface area (Å²) in [5.41, 5.74) is 6.54. The van der Waals surface area contributed by atoms with Crippen LogP contribution in [0.15, 0.2) is 23.1 Å². The van der Waals surface area contributed by atoms with Gasteiger partial charge in [-0.1, -0.05) is 13.0 Å². The number of anilines is 1. The Bertz CT molecular complexity index is 570. The van der Waals surface area contributed by atoms with E-state index >= 15 is 0 Å². The van der Waals surface area contributed by atoms with E-state index in [1.807, 2.05) is 6.92 Å². The van der Waals surface area contributed by atoms with Crippen LogP contribution in [0.25, 0.3) is 0 Å². The minimum Gasteiger partial charge on any atom is -0.327 e. The zero-order valence-electron chi connectivity index (χ0n) is 11.0. The van der Waals surface area contributed by atoms with E-state index in [-0.39, 0.29) is 23.3 Å². The van der Waals surface area contributed by atoms with Gasteiger partial charge in [0.25, 0.3) is 0 Å². The third-order valence-corrected chi connectivity index (χ3v) is 3.89. The van der Waals surface area contributed by atoms with Gasteiger partial charge >= 0.3 is 0 Å². The zero-order chi connectivity index (χ0) is 14.6. The highest BCUT2D eigenvalue weighted by molar-refractivity contribution is 7.89. The van der Waals surface area contributed by atoms with E-state index in [0.29, 0.717) is 17.7 Å². The van der Waals surface area contributed by atoms with Gasteiger partial charge in [-0.25, -0.2) is 13.6 Å². The van der Waals surface area contributed by atoms with Crippen LogP contribution in [-0.4, -0.2) is 20.4 Å². The molecule has 0 aromatic heterocycles. The average molecular weight is 285 g/mol. The Morgan fingerprint density at radius 3 is 2.58 bits per heavy atom. The summed E-state index contributed by atoms with van der Waals surface area (Å²) in [6, 6.07) is 4.35. The van der Waals surface area contributed by atoms with Gasteiger partial charge in [0.2, 0.25) is 15.9 Å². The lowest BCUT2D eigenvalue weighted by Crippen LogP contribution is -2.26. The molecular formula is C12H19N3O3S. The Morgan fingerprint density at radius 1 is 1.42 bits per heavy atom. The first kappa shape index (κ1) is 15.6. The van der Waals surface area contributed by atoms with Crippen LogP contribution in [0.2, 0.25) is 0 Å². The summed E-state index contributed by atoms with van der Waals surface area (Å²) in [4.78, 5) is 11.7. The van der Waals surface area contributed by atoms with Gasteiger partial charge in [-0.2, -0.15) is 0 Å². The summed E-state index contributed by atoms with van der Waals surface area (Å²) < 4.78 is 22.7. The summed E-state index contributed by atoms with van der Waals surface area (Å²) in [5, 5.41) is 7.75. The number of carbonyl (C=O) groups is 1. The van der Waals surface area contributed by atoms with E-state index in [4.69, 9.17) is 10.9 Å². The molecule has 1 atom stereocenters. The lowest BCUT2D eigenvalue weighted by molar-refractivity contribution is -0.116. The van der Waals surface area contributed by atoms with Crippen molar-refractivity contribution < 1.29 is 13.2 Å². The molecule has 0 bridgehead atoms. The molecule has 0 saturated heterocycles. The maximum absolute atomic E-state index is 11.7. The lowest BCUT2D eigenvalue weighted by Gasteiger charge is -2.13. The van der Waals surface area contributed by atoms with Crippen molar-refractivity contribution >= 4 is 21.6 Å². The lowest BCUT2D eigenvalue weighted by atomic mass is 10.1. The van der Waals surface area contributed by atoms with E-state index in [1.54, 1.807) is 13.0 Å². The highest BCUT2D eigenvalue weighted by Gasteiger charge is 2.15. The van der Waals surface area contributed by atoms with Crippen molar-refractivity contribution in [1.82, 2.24) is 0 Å². The van der Waals surface area contributed by atoms with Gasteiger partial charge in [-0.15, -0.1) is 0 Å². The van der Waals surface area contributed by atoms with Crippen LogP contribution in [0.1, 0.15) is 25.3 Å². The number of primary sulfonamides is 1. The summed E-state index contributed by atoms with van der Waals surface area (Å²) in [6.45, 7) is 3.49. The topological polar surface area (TPSA) is 115 Å². The molecule has 0 spiro atoms. The molecule has 0 aliphatic rings. The van der Waals surface area contributed by atoms with Gasteiger partial charge in [0.1, 0.15) is 0 Å². The van der Waals surface area contributed by atoms with Crippen molar-refractivity contribution in [3.8, 4) is 0 Å². The monoisotopic (exact) mass is 285 g/mol. The molecule has 5 N–H and O–H groups in total. The molecule has 1 aromatic carbocycles. The van der Waals surface area contributed by atoms with Gasteiger partial charge in [-0.05, 0) is 31.0 Å². The predicted octanol–water partition coefficient (Wildman–Crippen LogP) is 0.708. The largest absolute Gasteiger partial charge is 0.327 e. The van der Waals surface area contributed by atoms with E-state index < -0.39 is 10.0 Å². The van der Waals surface area contributed by atoms with Gasteiger partial charge in [0, 0.05) is 18.2 Å². The van der Waals surface area contributed by atoms with Crippen molar-refractivity contribution in [2.45, 2.75) is 37.6 Å². The molecule has 0 heterocycles. The number of amides is 1. The molecule has 1 rings (SSSR count). The number of rotatable bonds is 5. The molecule has 7 heteroatoms. The van der Waals surface area contributed by atoms with Crippen molar-refractivity contribution in [3.63, 3.8) is 0 Å². The van der Waals surface area contributed by atoms with Gasteiger partial charge < -0.3 is 11.1 Å². The van der Waals surface area contributed by atoms with Crippen LogP contribution in [0, 0.1) is 6.92 Å². The standard InChI is InChI=1S/C12H19N3O3S/c1-3-9(13)7-12(16)15-10-5-4-6-11(8(10)2)19(14,17)18/h4-6,9H,3,7,13H2,1-2H3,(H,15,16)(H2,14,17,18). The number of hydrogen-bond donors (Lipinski definition) is 3. The second-order valence-corrected chi connectivity index (χ2v) is 5.92. The SMILES string of the molecule is CCC(N)CC(=O)Nc1cccc(S(N)(=O)=O)c1C. The minimum absolute atomic E-state index is 0.00471. The van der Waals surface area contributed by atoms with Crippen molar-refractivity contribution in [2.24, 2.45) is 10.9 Å². The van der Waals surface area contributed by atoms with Gasteiger partial charge in [-0.3, -0.25) is 4.79 Å². The molecule has 0 radical (unpaired) electrons. The number of carbonyl (C=O) groups excluding carboxylic acids is 1. The quantitative estimate of drug-likeness (QED) is 0.738. The maximum Gasteiger partial charge on any atom is 0.238 e. The van der Waals surface area contributed by atoms with Crippen LogP contribution < -0.4 is 16.2 Å². The zero-order valence-corrected chi connectivity index (χ0v) is 11.8. The van der Waals surface area contributed by atoms with Crippen molar-refractivity contribution in [2.75, 3.05) is 5.32 Å². The molecular weight excluding hydrogens is 266 g/mol. The fourth-order valence-corrected chi connectivity index (χ4v) is 2.45. The van der Waals surface area contributed by atoms with Crippen LogP contribution in [0.4, 0.5) is 5.69 Å². The molecule has 1 unspecified atom stereocenters. The van der Waals surface area contributed by atoms with Crippen molar-refractivity contribution in [3.05, 3.63) is 23.8 Å². The minimum atomic E-state index is -3.80. The fourth-order valence-electron chi connectivity index (χ4n) is 1.64. The van der Waals surface area contributed by atoms with Gasteiger partial charge in [0.05, 0.1) is 4.90 Å². The van der Waals surface area contributed by atoms with E-state index in [0.717, 1.165) is 0 Å². The van der Waals surface area contributed by atoms with Gasteiger partial charge in [0.15, 0.2) is 0 Å². The molecule has 6 nitrogen and oxygen atoms in total. The first-order valence-corrected chi connectivity index (χ1v) is 7.48. The summed E-state index contributed by atoms with van der Waals surface area (Å²) in [7, 11) is -3.80. The van der Waals surface area contributed by atoms with Crippen molar-refractivity contribution in [1.29, 1.82) is 0 Å². The number of nitrogens with one attached hydrogen (secondary N) is 1. The summed E-state index contributed by atoms with van der Waals surface area (Å²) in [6.07, 6.45) is 0.888. The molecule has 19 heavy (non-hydrogen) atoms. The maximum atomic E-state index is 11.7. The van der Waals surface area contributed by atoms with Crippen LogP contribution >= 0.6 is 0 Å². The van der Waals surface area contributed by atoms with E-state index in [1.165, 1.54) is 12.1 Å². The molecule has 1 aromatic rings. The second kappa shape index (κ2) is 6.14. The normalized spacial score (nSPS) is 13.1. The smallest absolute Gasteiger partial charge is 0.238 e. The number of nitrogens with two attached hydrogens (primary N) is 2. The Hall–Kier alpha value is -1.44. The fraction of sp³-hybridized carbons (Fsp3) is 0.417. The molecule has 0 saturated carbocycles. The van der Waals surface area contributed by atoms with E-state index in [2.05, 4.69) is 5.32 Å². The Balaban J connectivity index is 2.95. The predicted molar refractivity (Wildman–Crippen MR) is 74.1 cm³/mol. The van der Waals surface area contributed by atoms with E-state index in [9.17, 15) is 13.2 Å². The summed E-state index contributed by atoms with van der Waals surface area (Å²) >= 11 is 0. The Labute approximate surface area is 113 Å². The third kappa shape index (κ3) is 4.30. The Morgan fingerprint density at radius 2 is 2.05 bits per heavy atom.